The molecule has 28 heavy (non-hydrogen) atoms. The van der Waals surface area contributed by atoms with Crippen LogP contribution in [-0.2, 0) is 14.6 Å². The van der Waals surface area contributed by atoms with Gasteiger partial charge in [-0.1, -0.05) is 54.6 Å². The number of hydrogen-bond acceptors (Lipinski definition) is 5. The third kappa shape index (κ3) is 4.72. The summed E-state index contributed by atoms with van der Waals surface area (Å²) in [6.45, 7) is -0.392. The van der Waals surface area contributed by atoms with E-state index in [1.54, 1.807) is 12.1 Å². The summed E-state index contributed by atoms with van der Waals surface area (Å²) < 4.78 is 27.9. The Hall–Kier alpha value is -3.25. The van der Waals surface area contributed by atoms with E-state index in [0.717, 1.165) is 17.4 Å². The maximum Gasteiger partial charge on any atom is 0.338 e. The van der Waals surface area contributed by atoms with Crippen molar-refractivity contribution in [2.24, 2.45) is 0 Å². The molecule has 0 aliphatic carbocycles. The largest absolute Gasteiger partial charge is 0.454 e. The van der Waals surface area contributed by atoms with E-state index >= 15 is 0 Å². The predicted molar refractivity (Wildman–Crippen MR) is 106 cm³/mol. The second kappa shape index (κ2) is 8.19. The van der Waals surface area contributed by atoms with E-state index in [2.05, 4.69) is 0 Å². The van der Waals surface area contributed by atoms with Gasteiger partial charge in [0.05, 0.1) is 10.5 Å². The van der Waals surface area contributed by atoms with Crippen LogP contribution >= 0.6 is 0 Å². The normalized spacial score (nSPS) is 11.0. The van der Waals surface area contributed by atoms with Crippen LogP contribution in [0, 0.1) is 0 Å². The second-order valence-corrected chi connectivity index (χ2v) is 8.25. The molecule has 0 saturated carbocycles. The highest BCUT2D eigenvalue weighted by Crippen LogP contribution is 2.19. The minimum absolute atomic E-state index is 0.110. The van der Waals surface area contributed by atoms with E-state index in [1.807, 2.05) is 42.5 Å². The summed E-state index contributed by atoms with van der Waals surface area (Å²) in [5.41, 5.74) is 2.66. The molecule has 6 heteroatoms. The molecule has 0 heterocycles. The molecular formula is C22H18O5S. The van der Waals surface area contributed by atoms with Crippen molar-refractivity contribution in [3.05, 3.63) is 90.0 Å². The molecule has 0 N–H and O–H groups in total. The van der Waals surface area contributed by atoms with Crippen LogP contribution in [0.25, 0.3) is 11.1 Å². The molecule has 0 aliphatic rings. The first-order chi connectivity index (χ1) is 13.3. The number of rotatable bonds is 6. The van der Waals surface area contributed by atoms with Crippen molar-refractivity contribution in [1.29, 1.82) is 0 Å². The Bertz CT molecular complexity index is 1080. The van der Waals surface area contributed by atoms with Gasteiger partial charge in [0.1, 0.15) is 0 Å². The molecule has 5 nitrogen and oxygen atoms in total. The molecule has 142 valence electrons. The standard InChI is InChI=1S/C22H18O5S/c1-28(25,26)20-13-11-19(12-14-20)22(24)27-15-21(23)18-9-7-17(8-10-18)16-5-3-2-4-6-16/h2-14H,15H2,1H3. The fourth-order valence-electron chi connectivity index (χ4n) is 2.62. The van der Waals surface area contributed by atoms with Crippen molar-refractivity contribution in [2.45, 2.75) is 4.90 Å². The van der Waals surface area contributed by atoms with E-state index in [0.29, 0.717) is 5.56 Å². The average Bonchev–Trinajstić information content (AvgIpc) is 2.72. The number of carbonyl (C=O) groups is 2. The van der Waals surface area contributed by atoms with Crippen molar-refractivity contribution in [3.63, 3.8) is 0 Å². The molecule has 0 aliphatic heterocycles. The quantitative estimate of drug-likeness (QED) is 0.469. The van der Waals surface area contributed by atoms with Gasteiger partial charge in [-0.05, 0) is 35.4 Å². The zero-order chi connectivity index (χ0) is 20.1. The van der Waals surface area contributed by atoms with Crippen molar-refractivity contribution < 1.29 is 22.7 Å². The summed E-state index contributed by atoms with van der Waals surface area (Å²) in [6, 6.07) is 22.2. The minimum atomic E-state index is -3.34. The number of sulfone groups is 1. The van der Waals surface area contributed by atoms with Crippen LogP contribution in [0.3, 0.4) is 0 Å². The number of ether oxygens (including phenoxy) is 1. The molecule has 0 bridgehead atoms. The van der Waals surface area contributed by atoms with Gasteiger partial charge in [-0.3, -0.25) is 4.79 Å². The Kier molecular flexibility index (Phi) is 5.70. The smallest absolute Gasteiger partial charge is 0.338 e. The Morgan fingerprint density at radius 3 is 1.86 bits per heavy atom. The SMILES string of the molecule is CS(=O)(=O)c1ccc(C(=O)OCC(=O)c2ccc(-c3ccccc3)cc2)cc1. The lowest BCUT2D eigenvalue weighted by atomic mass is 10.0. The highest BCUT2D eigenvalue weighted by Gasteiger charge is 2.13. The molecule has 0 aromatic heterocycles. The van der Waals surface area contributed by atoms with E-state index in [-0.39, 0.29) is 16.2 Å². The van der Waals surface area contributed by atoms with Crippen LogP contribution in [0.5, 0.6) is 0 Å². The van der Waals surface area contributed by atoms with Gasteiger partial charge in [-0.2, -0.15) is 0 Å². The molecule has 3 aromatic carbocycles. The first-order valence-electron chi connectivity index (χ1n) is 8.50. The highest BCUT2D eigenvalue weighted by molar-refractivity contribution is 7.90. The van der Waals surface area contributed by atoms with Crippen molar-refractivity contribution in [3.8, 4) is 11.1 Å². The fraction of sp³-hybridized carbons (Fsp3) is 0.0909. The zero-order valence-electron chi connectivity index (χ0n) is 15.2. The van der Waals surface area contributed by atoms with Gasteiger partial charge in [-0.25, -0.2) is 13.2 Å². The molecule has 0 unspecified atom stereocenters. The van der Waals surface area contributed by atoms with Crippen molar-refractivity contribution >= 4 is 21.6 Å². The van der Waals surface area contributed by atoms with Gasteiger partial charge in [0.25, 0.3) is 0 Å². The maximum absolute atomic E-state index is 12.3. The highest BCUT2D eigenvalue weighted by atomic mass is 32.2. The zero-order valence-corrected chi connectivity index (χ0v) is 16.0. The Labute approximate surface area is 163 Å². The Morgan fingerprint density at radius 1 is 0.750 bits per heavy atom. The third-order valence-corrected chi connectivity index (χ3v) is 5.29. The van der Waals surface area contributed by atoms with Gasteiger partial charge in [0, 0.05) is 11.8 Å². The van der Waals surface area contributed by atoms with Crippen LogP contribution in [-0.4, -0.2) is 33.0 Å². The summed E-state index contributed by atoms with van der Waals surface area (Å²) in [5, 5.41) is 0. The van der Waals surface area contributed by atoms with Crippen molar-refractivity contribution in [1.82, 2.24) is 0 Å². The van der Waals surface area contributed by atoms with Gasteiger partial charge < -0.3 is 4.74 Å². The van der Waals surface area contributed by atoms with Gasteiger partial charge in [0.15, 0.2) is 22.2 Å². The topological polar surface area (TPSA) is 77.5 Å². The first-order valence-corrected chi connectivity index (χ1v) is 10.4. The van der Waals surface area contributed by atoms with Crippen LogP contribution in [0.4, 0.5) is 0 Å². The molecule has 3 rings (SSSR count). The number of Topliss-reactive ketones (excluding diaryl/α,β-unsaturated/α-hetero) is 1. The van der Waals surface area contributed by atoms with Crippen molar-refractivity contribution in [2.75, 3.05) is 12.9 Å². The van der Waals surface area contributed by atoms with E-state index in [9.17, 15) is 18.0 Å². The monoisotopic (exact) mass is 394 g/mol. The predicted octanol–water partition coefficient (Wildman–Crippen LogP) is 3.80. The summed E-state index contributed by atoms with van der Waals surface area (Å²) in [6.07, 6.45) is 1.09. The van der Waals surface area contributed by atoms with E-state index in [1.165, 1.54) is 24.3 Å². The van der Waals surface area contributed by atoms with Gasteiger partial charge in [0.2, 0.25) is 0 Å². The number of benzene rings is 3. The first kappa shape index (κ1) is 19.5. The number of hydrogen-bond donors (Lipinski definition) is 0. The van der Waals surface area contributed by atoms with Crippen LogP contribution < -0.4 is 0 Å². The van der Waals surface area contributed by atoms with E-state index in [4.69, 9.17) is 4.74 Å². The number of carbonyl (C=O) groups excluding carboxylic acids is 2. The van der Waals surface area contributed by atoms with Crippen LogP contribution in [0.2, 0.25) is 0 Å². The number of ketones is 1. The summed E-state index contributed by atoms with van der Waals surface area (Å²) >= 11 is 0. The maximum atomic E-state index is 12.3. The average molecular weight is 394 g/mol. The molecule has 0 spiro atoms. The second-order valence-electron chi connectivity index (χ2n) is 6.24. The van der Waals surface area contributed by atoms with Gasteiger partial charge >= 0.3 is 5.97 Å². The van der Waals surface area contributed by atoms with Gasteiger partial charge in [-0.15, -0.1) is 0 Å². The lowest BCUT2D eigenvalue weighted by molar-refractivity contribution is 0.0474. The fourth-order valence-corrected chi connectivity index (χ4v) is 3.25. The summed E-state index contributed by atoms with van der Waals surface area (Å²) in [7, 11) is -3.34. The molecule has 0 saturated heterocycles. The third-order valence-electron chi connectivity index (χ3n) is 4.17. The minimum Gasteiger partial charge on any atom is -0.454 e. The molecule has 3 aromatic rings. The summed E-state index contributed by atoms with van der Waals surface area (Å²) in [5.74, 6) is -1.00. The lowest BCUT2D eigenvalue weighted by Crippen LogP contribution is -2.14. The lowest BCUT2D eigenvalue weighted by Gasteiger charge is -2.06. The Morgan fingerprint density at radius 2 is 1.29 bits per heavy atom. The molecule has 0 radical (unpaired) electrons. The Balaban J connectivity index is 1.61. The number of esters is 1. The van der Waals surface area contributed by atoms with Crippen LogP contribution in [0.15, 0.2) is 83.8 Å². The molecular weight excluding hydrogens is 376 g/mol. The van der Waals surface area contributed by atoms with E-state index < -0.39 is 22.4 Å². The molecule has 0 fully saturated rings. The summed E-state index contributed by atoms with van der Waals surface area (Å²) in [4.78, 5) is 24.4. The molecule has 0 atom stereocenters. The molecule has 0 amide bonds. The van der Waals surface area contributed by atoms with Crippen LogP contribution in [0.1, 0.15) is 20.7 Å².